The van der Waals surface area contributed by atoms with Crippen LogP contribution in [0.1, 0.15) is 46.0 Å². The topological polar surface area (TPSA) is 73.9 Å². The van der Waals surface area contributed by atoms with E-state index in [9.17, 15) is 14.0 Å². The zero-order valence-corrected chi connectivity index (χ0v) is 23.6. The van der Waals surface area contributed by atoms with Crippen molar-refractivity contribution in [2.75, 3.05) is 14.2 Å². The number of halogens is 1. The van der Waals surface area contributed by atoms with Crippen LogP contribution in [0.15, 0.2) is 96.6 Å². The quantitative estimate of drug-likeness (QED) is 0.174. The number of benzene rings is 4. The Kier molecular flexibility index (Phi) is 8.48. The molecule has 6 nitrogen and oxygen atoms in total. The number of hydrogen-bond acceptors (Lipinski definition) is 5. The highest BCUT2D eigenvalue weighted by Gasteiger charge is 2.26. The summed E-state index contributed by atoms with van der Waals surface area (Å²) < 4.78 is 31.2. The van der Waals surface area contributed by atoms with Crippen LogP contribution in [0.5, 0.6) is 17.2 Å². The minimum Gasteiger partial charge on any atom is -0.493 e. The zero-order chi connectivity index (χ0) is 29.6. The molecule has 0 saturated heterocycles. The third-order valence-electron chi connectivity index (χ3n) is 7.12. The summed E-state index contributed by atoms with van der Waals surface area (Å²) in [5, 5.41) is 2.96. The van der Waals surface area contributed by atoms with Gasteiger partial charge in [-0.05, 0) is 88.4 Å². The molecule has 1 amide bonds. The Morgan fingerprint density at radius 2 is 1.48 bits per heavy atom. The molecule has 0 saturated carbocycles. The maximum absolute atomic E-state index is 14.4. The first kappa shape index (κ1) is 28.4. The maximum Gasteiger partial charge on any atom is 0.343 e. The normalized spacial score (nSPS) is 13.1. The molecule has 0 aromatic heterocycles. The van der Waals surface area contributed by atoms with Crippen molar-refractivity contribution in [3.63, 3.8) is 0 Å². The smallest absolute Gasteiger partial charge is 0.343 e. The molecule has 0 fully saturated rings. The molecule has 0 spiro atoms. The van der Waals surface area contributed by atoms with Crippen LogP contribution in [0.3, 0.4) is 0 Å². The van der Waals surface area contributed by atoms with Crippen molar-refractivity contribution >= 4 is 29.1 Å². The van der Waals surface area contributed by atoms with Gasteiger partial charge in [0.1, 0.15) is 5.82 Å². The van der Waals surface area contributed by atoms with Gasteiger partial charge in [0.15, 0.2) is 11.5 Å². The Morgan fingerprint density at radius 1 is 0.833 bits per heavy atom. The molecule has 0 bridgehead atoms. The lowest BCUT2D eigenvalue weighted by Crippen LogP contribution is -2.22. The van der Waals surface area contributed by atoms with Crippen molar-refractivity contribution in [1.29, 1.82) is 0 Å². The molecule has 1 N–H and O–H groups in total. The summed E-state index contributed by atoms with van der Waals surface area (Å²) >= 11 is 0. The van der Waals surface area contributed by atoms with Gasteiger partial charge in [0.05, 0.1) is 26.2 Å². The molecule has 4 aromatic rings. The first-order valence-electron chi connectivity index (χ1n) is 13.4. The highest BCUT2D eigenvalue weighted by atomic mass is 19.1. The van der Waals surface area contributed by atoms with Crippen LogP contribution in [0.25, 0.3) is 17.2 Å². The number of fused-ring (bicyclic) bond motifs is 1. The van der Waals surface area contributed by atoms with E-state index in [-0.39, 0.29) is 23.9 Å². The Morgan fingerprint density at radius 3 is 2.12 bits per heavy atom. The number of carbonyl (C=O) groups excluding carboxylic acids is 2. The van der Waals surface area contributed by atoms with Crippen LogP contribution in [-0.4, -0.2) is 26.1 Å². The summed E-state index contributed by atoms with van der Waals surface area (Å²) in [6, 6.07) is 26.4. The molecule has 5 rings (SSSR count). The third kappa shape index (κ3) is 6.10. The van der Waals surface area contributed by atoms with Gasteiger partial charge < -0.3 is 19.5 Å². The van der Waals surface area contributed by atoms with Gasteiger partial charge in [-0.1, -0.05) is 54.6 Å². The monoisotopic (exact) mass is 563 g/mol. The van der Waals surface area contributed by atoms with Gasteiger partial charge in [0.25, 0.3) is 0 Å². The molecule has 1 aliphatic carbocycles. The van der Waals surface area contributed by atoms with Crippen LogP contribution in [0, 0.1) is 5.82 Å². The number of methoxy groups -OCH3 is 2. The van der Waals surface area contributed by atoms with Gasteiger partial charge >= 0.3 is 5.97 Å². The van der Waals surface area contributed by atoms with E-state index in [0.717, 1.165) is 27.8 Å². The molecule has 7 heteroatoms. The van der Waals surface area contributed by atoms with E-state index in [0.29, 0.717) is 34.7 Å². The Labute approximate surface area is 244 Å². The number of amides is 1. The fourth-order valence-electron chi connectivity index (χ4n) is 4.98. The second-order valence-electron chi connectivity index (χ2n) is 9.80. The molecule has 212 valence electrons. The average Bonchev–Trinajstić information content (AvgIpc) is 3.26. The number of allylic oxidation sites excluding steroid dienone is 2. The SMILES string of the molecule is COc1cc(/C=C2/C(C)=C(CC(=O)NCc3ccccc3)c3cc(F)ccc32)cc(OC)c1OC(=O)c1ccccc1. The van der Waals surface area contributed by atoms with Gasteiger partial charge in [-0.2, -0.15) is 0 Å². The molecule has 0 atom stereocenters. The van der Waals surface area contributed by atoms with E-state index in [4.69, 9.17) is 14.2 Å². The fraction of sp³-hybridized carbons (Fsp3) is 0.143. The van der Waals surface area contributed by atoms with Crippen molar-refractivity contribution in [3.05, 3.63) is 130 Å². The number of carbonyl (C=O) groups is 2. The van der Waals surface area contributed by atoms with Crippen molar-refractivity contribution in [2.24, 2.45) is 0 Å². The standard InChI is InChI=1S/C35H30FNO5/c1-22-28(16-24-17-31(40-2)34(32(18-24)41-3)42-35(39)25-12-8-5-9-13-25)27-15-14-26(36)19-30(27)29(22)20-33(38)37-21-23-10-6-4-7-11-23/h4-19H,20-21H2,1-3H3,(H,37,38)/b28-16-. The number of ether oxygens (including phenoxy) is 3. The Hall–Kier alpha value is -5.17. The second kappa shape index (κ2) is 12.6. The summed E-state index contributed by atoms with van der Waals surface area (Å²) in [6.07, 6.45) is 2.03. The summed E-state index contributed by atoms with van der Waals surface area (Å²) in [5.74, 6) is -0.294. The Balaban J connectivity index is 1.47. The summed E-state index contributed by atoms with van der Waals surface area (Å²) in [4.78, 5) is 25.7. The van der Waals surface area contributed by atoms with E-state index in [1.165, 1.54) is 26.4 Å². The van der Waals surface area contributed by atoms with Crippen LogP contribution in [0.2, 0.25) is 0 Å². The first-order chi connectivity index (χ1) is 20.4. The highest BCUT2D eigenvalue weighted by Crippen LogP contribution is 2.45. The van der Waals surface area contributed by atoms with E-state index in [1.807, 2.05) is 49.4 Å². The summed E-state index contributed by atoms with van der Waals surface area (Å²) in [7, 11) is 2.97. The van der Waals surface area contributed by atoms with Crippen molar-refractivity contribution in [1.82, 2.24) is 5.32 Å². The van der Waals surface area contributed by atoms with Gasteiger partial charge in [-0.25, -0.2) is 9.18 Å². The van der Waals surface area contributed by atoms with Crippen LogP contribution in [-0.2, 0) is 11.3 Å². The predicted molar refractivity (Wildman–Crippen MR) is 161 cm³/mol. The number of hydrogen-bond donors (Lipinski definition) is 1. The van der Waals surface area contributed by atoms with E-state index >= 15 is 0 Å². The maximum atomic E-state index is 14.4. The lowest BCUT2D eigenvalue weighted by atomic mass is 10.00. The van der Waals surface area contributed by atoms with Crippen molar-refractivity contribution < 1.29 is 28.2 Å². The molecule has 0 heterocycles. The van der Waals surface area contributed by atoms with Crippen LogP contribution in [0.4, 0.5) is 4.39 Å². The molecule has 0 aliphatic heterocycles. The van der Waals surface area contributed by atoms with E-state index in [1.54, 1.807) is 42.5 Å². The number of esters is 1. The minimum absolute atomic E-state index is 0.105. The van der Waals surface area contributed by atoms with Crippen LogP contribution < -0.4 is 19.5 Å². The summed E-state index contributed by atoms with van der Waals surface area (Å²) in [6.45, 7) is 2.33. The molecule has 1 aliphatic rings. The summed E-state index contributed by atoms with van der Waals surface area (Å²) in [5.41, 5.74) is 6.06. The third-order valence-corrected chi connectivity index (χ3v) is 7.12. The Bertz CT molecular complexity index is 1670. The van der Waals surface area contributed by atoms with Gasteiger partial charge in [0.2, 0.25) is 11.7 Å². The minimum atomic E-state index is -0.543. The molecular formula is C35H30FNO5. The first-order valence-corrected chi connectivity index (χ1v) is 13.4. The van der Waals surface area contributed by atoms with Crippen molar-refractivity contribution in [2.45, 2.75) is 19.9 Å². The molecule has 4 aromatic carbocycles. The highest BCUT2D eigenvalue weighted by molar-refractivity contribution is 6.08. The largest absolute Gasteiger partial charge is 0.493 e. The lowest BCUT2D eigenvalue weighted by molar-refractivity contribution is -0.120. The second-order valence-corrected chi connectivity index (χ2v) is 9.80. The van der Waals surface area contributed by atoms with E-state index in [2.05, 4.69) is 5.32 Å². The van der Waals surface area contributed by atoms with Gasteiger partial charge in [-0.3, -0.25) is 4.79 Å². The fourth-order valence-corrected chi connectivity index (χ4v) is 4.98. The molecule has 42 heavy (non-hydrogen) atoms. The zero-order valence-electron chi connectivity index (χ0n) is 23.6. The molecular weight excluding hydrogens is 533 g/mol. The van der Waals surface area contributed by atoms with Crippen LogP contribution >= 0.6 is 0 Å². The number of rotatable bonds is 9. The van der Waals surface area contributed by atoms with Crippen molar-refractivity contribution in [3.8, 4) is 17.2 Å². The van der Waals surface area contributed by atoms with Gasteiger partial charge in [-0.15, -0.1) is 0 Å². The average molecular weight is 564 g/mol. The molecule has 0 unspecified atom stereocenters. The number of nitrogens with one attached hydrogen (secondary N) is 1. The van der Waals surface area contributed by atoms with E-state index < -0.39 is 5.97 Å². The van der Waals surface area contributed by atoms with Gasteiger partial charge in [0, 0.05) is 6.54 Å². The predicted octanol–water partition coefficient (Wildman–Crippen LogP) is 7.10. The molecule has 0 radical (unpaired) electrons. The lowest BCUT2D eigenvalue weighted by Gasteiger charge is -2.15.